The van der Waals surface area contributed by atoms with Gasteiger partial charge < -0.3 is 26.6 Å². The Morgan fingerprint density at radius 1 is 1.18 bits per heavy atom. The van der Waals surface area contributed by atoms with Gasteiger partial charge in [0.15, 0.2) is 5.96 Å². The van der Waals surface area contributed by atoms with Crippen LogP contribution in [0.3, 0.4) is 0 Å². The molecule has 0 saturated heterocycles. The fraction of sp³-hybridized carbons (Fsp3) is 0.250. The van der Waals surface area contributed by atoms with Crippen molar-refractivity contribution in [2.45, 2.75) is 0 Å². The molecule has 0 aromatic heterocycles. The van der Waals surface area contributed by atoms with Crippen LogP contribution in [0.1, 0.15) is 0 Å². The van der Waals surface area contributed by atoms with E-state index in [1.807, 2.05) is 0 Å². The number of hydrogen-bond acceptors (Lipinski definition) is 3. The number of carboxylic acids is 2. The molecule has 0 radical (unpaired) electrons. The number of carbonyl (C=O) groups is 2. The predicted molar refractivity (Wildman–Crippen MR) is 61.6 cm³/mol. The molecule has 0 atom stereocenters. The molecular weight excluding hydrogens is 230 g/mol. The second-order valence-corrected chi connectivity index (χ2v) is 2.76. The molecule has 0 fully saturated rings. The number of nitrogens with one attached hydrogen (secondary N) is 1. The largest absolute Gasteiger partial charge is 0.478 e. The predicted octanol–water partition coefficient (Wildman–Crippen LogP) is -1.53. The van der Waals surface area contributed by atoms with Crippen molar-refractivity contribution < 1.29 is 19.8 Å². The van der Waals surface area contributed by atoms with Gasteiger partial charge in [-0.25, -0.2) is 9.59 Å². The van der Waals surface area contributed by atoms with Gasteiger partial charge in [0.25, 0.3) is 0 Å². The Bertz CT molecular complexity index is 328. The minimum atomic E-state index is -1.26. The van der Waals surface area contributed by atoms with E-state index in [1.165, 1.54) is 4.90 Å². The van der Waals surface area contributed by atoms with Crippen LogP contribution in [-0.2, 0) is 9.59 Å². The van der Waals surface area contributed by atoms with E-state index in [4.69, 9.17) is 27.1 Å². The number of nitrogens with zero attached hydrogens (tertiary/aromatic N) is 2. The van der Waals surface area contributed by atoms with Crippen LogP contribution in [0.4, 0.5) is 0 Å². The lowest BCUT2D eigenvalue weighted by Gasteiger charge is -2.07. The number of rotatable bonds is 2. The quantitative estimate of drug-likeness (QED) is 0.223. The van der Waals surface area contributed by atoms with E-state index >= 15 is 0 Å². The summed E-state index contributed by atoms with van der Waals surface area (Å²) in [5.41, 5.74) is 9.98. The topological polar surface area (TPSA) is 166 Å². The summed E-state index contributed by atoms with van der Waals surface area (Å²) < 4.78 is 0. The van der Waals surface area contributed by atoms with Crippen LogP contribution in [0.25, 0.3) is 0 Å². The van der Waals surface area contributed by atoms with Gasteiger partial charge in [-0.05, 0) is 0 Å². The summed E-state index contributed by atoms with van der Waals surface area (Å²) in [6, 6.07) is 0. The van der Waals surface area contributed by atoms with Crippen molar-refractivity contribution >= 4 is 23.9 Å². The lowest BCUT2D eigenvalue weighted by Crippen LogP contribution is -2.28. The van der Waals surface area contributed by atoms with Gasteiger partial charge in [0.2, 0.25) is 5.96 Å². The monoisotopic (exact) mass is 245 g/mol. The summed E-state index contributed by atoms with van der Waals surface area (Å²) in [5.74, 6) is -2.55. The molecule has 17 heavy (non-hydrogen) atoms. The number of aliphatic imine (C=N–C) groups is 1. The van der Waals surface area contributed by atoms with Crippen molar-refractivity contribution in [2.75, 3.05) is 14.1 Å². The van der Waals surface area contributed by atoms with Crippen molar-refractivity contribution in [3.63, 3.8) is 0 Å². The molecule has 0 aliphatic rings. The zero-order valence-electron chi connectivity index (χ0n) is 9.41. The highest BCUT2D eigenvalue weighted by Gasteiger charge is 1.93. The van der Waals surface area contributed by atoms with Crippen LogP contribution >= 0.6 is 0 Å². The molecule has 0 spiro atoms. The Morgan fingerprint density at radius 3 is 1.65 bits per heavy atom. The number of hydrogen-bond donors (Lipinski definition) is 5. The molecule has 0 aliphatic heterocycles. The molecular formula is C8H15N5O4. The summed E-state index contributed by atoms with van der Waals surface area (Å²) in [7, 11) is 3.38. The first kappa shape index (κ1) is 16.8. The van der Waals surface area contributed by atoms with Crippen LogP contribution < -0.4 is 11.5 Å². The van der Waals surface area contributed by atoms with E-state index in [9.17, 15) is 9.59 Å². The van der Waals surface area contributed by atoms with Gasteiger partial charge in [-0.15, -0.1) is 0 Å². The minimum Gasteiger partial charge on any atom is -0.478 e. The third kappa shape index (κ3) is 16.1. The smallest absolute Gasteiger partial charge is 0.328 e. The van der Waals surface area contributed by atoms with E-state index < -0.39 is 11.9 Å². The van der Waals surface area contributed by atoms with Gasteiger partial charge in [0.1, 0.15) is 0 Å². The lowest BCUT2D eigenvalue weighted by atomic mass is 10.5. The zero-order valence-corrected chi connectivity index (χ0v) is 9.41. The maximum Gasteiger partial charge on any atom is 0.328 e. The number of nitrogens with two attached hydrogens (primary N) is 2. The summed E-state index contributed by atoms with van der Waals surface area (Å²) in [5, 5.41) is 22.7. The third-order valence-electron chi connectivity index (χ3n) is 1.03. The molecule has 0 unspecified atom stereocenters. The van der Waals surface area contributed by atoms with E-state index in [0.717, 1.165) is 0 Å². The summed E-state index contributed by atoms with van der Waals surface area (Å²) >= 11 is 0. The molecule has 0 heterocycles. The van der Waals surface area contributed by atoms with Crippen molar-refractivity contribution in [1.29, 1.82) is 5.41 Å². The maximum absolute atomic E-state index is 9.55. The van der Waals surface area contributed by atoms with Crippen molar-refractivity contribution in [1.82, 2.24) is 4.90 Å². The average Bonchev–Trinajstić information content (AvgIpc) is 2.14. The second kappa shape index (κ2) is 8.71. The Labute approximate surface area is 97.5 Å². The second-order valence-electron chi connectivity index (χ2n) is 2.76. The minimum absolute atomic E-state index is 0.0509. The summed E-state index contributed by atoms with van der Waals surface area (Å²) in [6.45, 7) is 0. The average molecular weight is 245 g/mol. The molecule has 0 saturated carbocycles. The van der Waals surface area contributed by atoms with Crippen molar-refractivity contribution in [3.05, 3.63) is 12.2 Å². The molecule has 0 aliphatic carbocycles. The third-order valence-corrected chi connectivity index (χ3v) is 1.03. The Kier molecular flexibility index (Phi) is 8.62. The van der Waals surface area contributed by atoms with Crippen molar-refractivity contribution in [3.8, 4) is 0 Å². The van der Waals surface area contributed by atoms with Gasteiger partial charge >= 0.3 is 11.9 Å². The Balaban J connectivity index is 0. The first-order valence-corrected chi connectivity index (χ1v) is 4.16. The van der Waals surface area contributed by atoms with Crippen LogP contribution in [-0.4, -0.2) is 53.1 Å². The van der Waals surface area contributed by atoms with E-state index in [0.29, 0.717) is 12.2 Å². The molecule has 0 rings (SSSR count). The van der Waals surface area contributed by atoms with Gasteiger partial charge in [-0.2, -0.15) is 4.99 Å². The maximum atomic E-state index is 9.55. The molecule has 0 aromatic carbocycles. The van der Waals surface area contributed by atoms with Crippen LogP contribution in [0.5, 0.6) is 0 Å². The first-order chi connectivity index (χ1) is 7.66. The summed E-state index contributed by atoms with van der Waals surface area (Å²) in [4.78, 5) is 24.1. The number of aliphatic carboxylic acids is 2. The van der Waals surface area contributed by atoms with Crippen molar-refractivity contribution in [2.24, 2.45) is 16.5 Å². The number of guanidine groups is 2. The van der Waals surface area contributed by atoms with Crippen LogP contribution in [0.2, 0.25) is 0 Å². The molecule has 9 nitrogen and oxygen atoms in total. The molecule has 7 N–H and O–H groups in total. The summed E-state index contributed by atoms with van der Waals surface area (Å²) in [6.07, 6.45) is 1.12. The molecule has 0 bridgehead atoms. The zero-order chi connectivity index (χ0) is 14.0. The van der Waals surface area contributed by atoms with Gasteiger partial charge in [0, 0.05) is 26.2 Å². The highest BCUT2D eigenvalue weighted by atomic mass is 16.4. The Morgan fingerprint density at radius 2 is 1.53 bits per heavy atom. The molecule has 0 amide bonds. The standard InChI is InChI=1S/C4H11N5.C4H4O4/c1-9(2)4(7)8-3(5)6;5-3(6)1-2-4(7)8/h1-2H3,(H5,5,6,7,8);1-2H,(H,5,6)(H,7,8). The SMILES string of the molecule is CN(C)C(=N)N=C(N)N.O=C(O)C=CC(=O)O. The van der Waals surface area contributed by atoms with Crippen LogP contribution in [0.15, 0.2) is 17.1 Å². The molecule has 0 aromatic rings. The normalized spacial score (nSPS) is 8.82. The first-order valence-electron chi connectivity index (χ1n) is 4.16. The van der Waals surface area contributed by atoms with Gasteiger partial charge in [0.05, 0.1) is 0 Å². The fourth-order valence-electron chi connectivity index (χ4n) is 0.365. The van der Waals surface area contributed by atoms with E-state index in [1.54, 1.807) is 14.1 Å². The van der Waals surface area contributed by atoms with Crippen LogP contribution in [0, 0.1) is 5.41 Å². The number of carboxylic acid groups (broad SMARTS) is 2. The van der Waals surface area contributed by atoms with E-state index in [-0.39, 0.29) is 11.9 Å². The van der Waals surface area contributed by atoms with E-state index in [2.05, 4.69) is 4.99 Å². The molecule has 96 valence electrons. The highest BCUT2D eigenvalue weighted by Crippen LogP contribution is 1.78. The fourth-order valence-corrected chi connectivity index (χ4v) is 0.365. The lowest BCUT2D eigenvalue weighted by molar-refractivity contribution is -0.134. The Hall–Kier alpha value is -2.58. The highest BCUT2D eigenvalue weighted by molar-refractivity contribution is 5.91. The van der Waals surface area contributed by atoms with Gasteiger partial charge in [-0.3, -0.25) is 5.41 Å². The van der Waals surface area contributed by atoms with Gasteiger partial charge in [-0.1, -0.05) is 0 Å². The molecule has 9 heteroatoms.